The highest BCUT2D eigenvalue weighted by Gasteiger charge is 2.28. The van der Waals surface area contributed by atoms with Crippen molar-refractivity contribution in [1.29, 1.82) is 0 Å². The molecule has 11 nitrogen and oxygen atoms in total. The lowest BCUT2D eigenvalue weighted by Gasteiger charge is -2.29. The Kier molecular flexibility index (Phi) is 9.10. The number of ketones is 2. The van der Waals surface area contributed by atoms with Crippen molar-refractivity contribution in [3.8, 4) is 11.5 Å². The fourth-order valence-corrected chi connectivity index (χ4v) is 4.77. The SMILES string of the molecule is CC(C)(C)OC(=O)N1CCc2sc(C(=O)CCC(=O)c3ccc(OCC(=O)O)c(OCC(=O)O)c3)cc2C1. The van der Waals surface area contributed by atoms with Gasteiger partial charge in [0.2, 0.25) is 0 Å². The number of carboxylic acid groups (broad SMARTS) is 2. The zero-order valence-electron chi connectivity index (χ0n) is 21.3. The predicted octanol–water partition coefficient (Wildman–Crippen LogP) is 3.81. The molecule has 0 unspecified atom stereocenters. The minimum Gasteiger partial charge on any atom is -0.479 e. The van der Waals surface area contributed by atoms with Gasteiger partial charge in [-0.15, -0.1) is 11.3 Å². The van der Waals surface area contributed by atoms with Gasteiger partial charge in [-0.05, 0) is 57.0 Å². The second kappa shape index (κ2) is 12.1. The van der Waals surface area contributed by atoms with Gasteiger partial charge in [-0.2, -0.15) is 0 Å². The quantitative estimate of drug-likeness (QED) is 0.396. The number of hydrogen-bond acceptors (Lipinski definition) is 9. The van der Waals surface area contributed by atoms with Crippen molar-refractivity contribution < 1.29 is 48.4 Å². The third kappa shape index (κ3) is 8.04. The van der Waals surface area contributed by atoms with Crippen LogP contribution in [-0.2, 0) is 27.3 Å². The van der Waals surface area contributed by atoms with Crippen molar-refractivity contribution in [3.05, 3.63) is 45.1 Å². The van der Waals surface area contributed by atoms with Crippen molar-refractivity contribution in [2.75, 3.05) is 19.8 Å². The molecule has 0 bridgehead atoms. The van der Waals surface area contributed by atoms with Crippen LogP contribution in [0.15, 0.2) is 24.3 Å². The number of thiophene rings is 1. The molecule has 0 radical (unpaired) electrons. The molecule has 0 aliphatic carbocycles. The third-order valence-corrected chi connectivity index (χ3v) is 6.62. The van der Waals surface area contributed by atoms with E-state index in [9.17, 15) is 24.0 Å². The van der Waals surface area contributed by atoms with Crippen molar-refractivity contribution in [1.82, 2.24) is 4.90 Å². The Labute approximate surface area is 222 Å². The van der Waals surface area contributed by atoms with E-state index < -0.39 is 36.8 Å². The average molecular weight is 548 g/mol. The fourth-order valence-electron chi connectivity index (χ4n) is 3.64. The van der Waals surface area contributed by atoms with Crippen molar-refractivity contribution in [2.45, 2.75) is 52.2 Å². The molecule has 204 valence electrons. The van der Waals surface area contributed by atoms with Gasteiger partial charge in [-0.1, -0.05) is 0 Å². The topological polar surface area (TPSA) is 157 Å². The van der Waals surface area contributed by atoms with Gasteiger partial charge in [-0.25, -0.2) is 14.4 Å². The largest absolute Gasteiger partial charge is 0.479 e. The molecular weight excluding hydrogens is 518 g/mol. The van der Waals surface area contributed by atoms with Crippen LogP contribution in [0.5, 0.6) is 11.5 Å². The fraction of sp³-hybridized carbons (Fsp3) is 0.423. The molecule has 1 aliphatic heterocycles. The van der Waals surface area contributed by atoms with Crippen LogP contribution in [0, 0.1) is 0 Å². The number of carbonyl (C=O) groups is 5. The van der Waals surface area contributed by atoms with Gasteiger partial charge in [0.25, 0.3) is 0 Å². The van der Waals surface area contributed by atoms with E-state index in [-0.39, 0.29) is 41.5 Å². The minimum absolute atomic E-state index is 0.0223. The van der Waals surface area contributed by atoms with Gasteiger partial charge in [0.1, 0.15) is 5.60 Å². The van der Waals surface area contributed by atoms with Crippen LogP contribution in [0.1, 0.15) is 64.1 Å². The number of carbonyl (C=O) groups excluding carboxylic acids is 3. The van der Waals surface area contributed by atoms with E-state index in [4.69, 9.17) is 24.4 Å². The molecule has 2 heterocycles. The number of fused-ring (bicyclic) bond motifs is 1. The molecule has 3 rings (SSSR count). The van der Waals surface area contributed by atoms with E-state index in [1.165, 1.54) is 29.5 Å². The van der Waals surface area contributed by atoms with Crippen LogP contribution in [0.25, 0.3) is 0 Å². The molecule has 12 heteroatoms. The van der Waals surface area contributed by atoms with Crippen molar-refractivity contribution in [3.63, 3.8) is 0 Å². The summed E-state index contributed by atoms with van der Waals surface area (Å²) in [6, 6.07) is 5.74. The van der Waals surface area contributed by atoms with Crippen LogP contribution < -0.4 is 9.47 Å². The lowest BCUT2D eigenvalue weighted by molar-refractivity contribution is -0.140. The van der Waals surface area contributed by atoms with Gasteiger partial charge >= 0.3 is 18.0 Å². The lowest BCUT2D eigenvalue weighted by Crippen LogP contribution is -2.39. The van der Waals surface area contributed by atoms with E-state index in [1.807, 2.05) is 0 Å². The monoisotopic (exact) mass is 547 g/mol. The summed E-state index contributed by atoms with van der Waals surface area (Å²) in [4.78, 5) is 62.8. The van der Waals surface area contributed by atoms with E-state index in [1.54, 1.807) is 31.7 Å². The summed E-state index contributed by atoms with van der Waals surface area (Å²) in [6.45, 7) is 4.85. The first-order chi connectivity index (χ1) is 17.8. The van der Waals surface area contributed by atoms with Gasteiger partial charge in [0, 0.05) is 29.8 Å². The number of Topliss-reactive ketones (excluding diaryl/α,β-unsaturated/α-hetero) is 2. The maximum atomic E-state index is 12.8. The van der Waals surface area contributed by atoms with Crippen LogP contribution >= 0.6 is 11.3 Å². The summed E-state index contributed by atoms with van der Waals surface area (Å²) in [7, 11) is 0. The van der Waals surface area contributed by atoms with Gasteiger partial charge in [-0.3, -0.25) is 9.59 Å². The number of hydrogen-bond donors (Lipinski definition) is 2. The molecule has 0 spiro atoms. The van der Waals surface area contributed by atoms with Crippen LogP contribution in [0.3, 0.4) is 0 Å². The molecule has 2 aromatic rings. The summed E-state index contributed by atoms with van der Waals surface area (Å²) in [5.74, 6) is -3.19. The lowest BCUT2D eigenvalue weighted by atomic mass is 10.0. The maximum absolute atomic E-state index is 12.8. The molecule has 1 amide bonds. The van der Waals surface area contributed by atoms with Crippen LogP contribution in [0.2, 0.25) is 0 Å². The molecule has 0 saturated heterocycles. The van der Waals surface area contributed by atoms with Crippen molar-refractivity contribution in [2.24, 2.45) is 0 Å². The van der Waals surface area contributed by atoms with E-state index in [0.29, 0.717) is 24.4 Å². The second-order valence-electron chi connectivity index (χ2n) is 9.58. The Morgan fingerprint density at radius 1 is 0.921 bits per heavy atom. The van der Waals surface area contributed by atoms with Crippen molar-refractivity contribution >= 4 is 40.9 Å². The molecule has 2 N–H and O–H groups in total. The van der Waals surface area contributed by atoms with E-state index in [2.05, 4.69) is 0 Å². The normalized spacial score (nSPS) is 12.9. The highest BCUT2D eigenvalue weighted by molar-refractivity contribution is 7.14. The number of benzene rings is 1. The third-order valence-electron chi connectivity index (χ3n) is 5.34. The summed E-state index contributed by atoms with van der Waals surface area (Å²) in [5, 5.41) is 17.7. The number of carboxylic acids is 2. The first-order valence-electron chi connectivity index (χ1n) is 11.8. The zero-order chi connectivity index (χ0) is 28.0. The average Bonchev–Trinajstić information content (AvgIpc) is 3.27. The smallest absolute Gasteiger partial charge is 0.410 e. The predicted molar refractivity (Wildman–Crippen MR) is 135 cm³/mol. The first kappa shape index (κ1) is 28.6. The molecule has 1 aromatic heterocycles. The molecular formula is C26H29NO10S. The highest BCUT2D eigenvalue weighted by Crippen LogP contribution is 2.31. The number of ether oxygens (including phenoxy) is 3. The Bertz CT molecular complexity index is 1240. The number of rotatable bonds is 11. The molecule has 1 aromatic carbocycles. The number of amides is 1. The number of aliphatic carboxylic acids is 2. The summed E-state index contributed by atoms with van der Waals surface area (Å²) in [5.41, 5.74) is 0.451. The minimum atomic E-state index is -1.26. The standard InChI is InChI=1S/C26H29NO10S/c1-26(2,3)37-25(34)27-9-8-21-16(12-27)11-22(38-21)18(29)6-5-17(28)15-4-7-19(35-13-23(30)31)20(10-15)36-14-24(32)33/h4,7,10-11H,5-6,8-9,12-14H2,1-3H3,(H,30,31)(H,32,33). The van der Waals surface area contributed by atoms with Crippen LogP contribution in [0.4, 0.5) is 4.79 Å². The van der Waals surface area contributed by atoms with E-state index >= 15 is 0 Å². The summed E-state index contributed by atoms with van der Waals surface area (Å²) < 4.78 is 15.7. The molecule has 0 atom stereocenters. The Hall–Kier alpha value is -3.93. The Morgan fingerprint density at radius 3 is 2.18 bits per heavy atom. The summed E-state index contributed by atoms with van der Waals surface area (Å²) in [6.07, 6.45) is 0.0651. The van der Waals surface area contributed by atoms with Gasteiger partial charge in [0.05, 0.1) is 11.4 Å². The summed E-state index contributed by atoms with van der Waals surface area (Å²) >= 11 is 1.36. The first-order valence-corrected chi connectivity index (χ1v) is 12.6. The number of nitrogens with zero attached hydrogens (tertiary/aromatic N) is 1. The molecule has 0 saturated carbocycles. The maximum Gasteiger partial charge on any atom is 0.410 e. The molecule has 38 heavy (non-hydrogen) atoms. The molecule has 0 fully saturated rings. The Morgan fingerprint density at radius 2 is 1.55 bits per heavy atom. The van der Waals surface area contributed by atoms with E-state index in [0.717, 1.165) is 10.4 Å². The molecule has 1 aliphatic rings. The van der Waals surface area contributed by atoms with Gasteiger partial charge in [0.15, 0.2) is 36.3 Å². The second-order valence-corrected chi connectivity index (χ2v) is 10.7. The van der Waals surface area contributed by atoms with Crippen LogP contribution in [-0.4, -0.2) is 70.1 Å². The highest BCUT2D eigenvalue weighted by atomic mass is 32.1. The van der Waals surface area contributed by atoms with Gasteiger partial charge < -0.3 is 29.3 Å². The zero-order valence-corrected chi connectivity index (χ0v) is 22.1. The Balaban J connectivity index is 1.63.